The fourth-order valence-corrected chi connectivity index (χ4v) is 6.46. The van der Waals surface area contributed by atoms with Crippen LogP contribution in [0, 0.1) is 0 Å². The van der Waals surface area contributed by atoms with E-state index in [2.05, 4.69) is 41.9 Å². The largest absolute Gasteiger partial charge is 0.481 e. The molecule has 0 unspecified atom stereocenters. The minimum Gasteiger partial charge on any atom is -0.481 e. The minimum atomic E-state index is -1.86. The lowest BCUT2D eigenvalue weighted by Crippen LogP contribution is -2.60. The molecular weight excluding hydrogens is 965 g/mol. The highest BCUT2D eigenvalue weighted by Gasteiger charge is 2.34. The summed E-state index contributed by atoms with van der Waals surface area (Å²) in [7, 11) is 0. The van der Waals surface area contributed by atoms with Crippen LogP contribution < -0.4 is 77.4 Å². The molecule has 0 rings (SSSR count). The van der Waals surface area contributed by atoms with E-state index in [4.69, 9.17) is 45.2 Å². The van der Waals surface area contributed by atoms with Crippen molar-refractivity contribution in [1.29, 1.82) is 0 Å². The van der Waals surface area contributed by atoms with Crippen LogP contribution in [0.4, 0.5) is 0 Å². The van der Waals surface area contributed by atoms with Crippen LogP contribution in [0.3, 0.4) is 0 Å². The molecule has 0 aromatic heterocycles. The number of nitrogens with two attached hydrogens (primary N) is 7. The number of carboxylic acids is 3. The van der Waals surface area contributed by atoms with E-state index in [-0.39, 0.29) is 75.7 Å². The van der Waals surface area contributed by atoms with Gasteiger partial charge in [-0.05, 0) is 70.3 Å². The number of amides is 9. The van der Waals surface area contributed by atoms with Crippen LogP contribution in [-0.4, -0.2) is 172 Å². The Kier molecular flexibility index (Phi) is 30.3. The first-order valence-corrected chi connectivity index (χ1v) is 23.3. The van der Waals surface area contributed by atoms with Crippen molar-refractivity contribution in [3.8, 4) is 0 Å². The van der Waals surface area contributed by atoms with E-state index < -0.39 is 152 Å². The fraction of sp³-hybridized carbons (Fsp3) is 0.641. The van der Waals surface area contributed by atoms with Crippen LogP contribution in [0.2, 0.25) is 0 Å². The van der Waals surface area contributed by atoms with Gasteiger partial charge in [-0.2, -0.15) is 11.8 Å². The van der Waals surface area contributed by atoms with Gasteiger partial charge >= 0.3 is 17.9 Å². The number of rotatable bonds is 37. The molecule has 31 nitrogen and oxygen atoms in total. The SMILES string of the molecule is CSCC[C@H](NC(=O)[C@H](CCC(=O)O)NC(=O)[C@@H](N)CCC(N)=O)C(=O)N[C@@H](CCC(N)=O)C(=O)N[C@@H](CCCN=C(N)N)C(=O)N[C@@H](CCCN=C(N)N)C(=O)N[C@@H](C)C(=O)N[C@@H](CC(=O)O)C(=O)O. The first-order valence-electron chi connectivity index (χ1n) is 21.9. The van der Waals surface area contributed by atoms with E-state index in [9.17, 15) is 67.7 Å². The lowest BCUT2D eigenvalue weighted by atomic mass is 10.0. The second-order valence-corrected chi connectivity index (χ2v) is 16.7. The Morgan fingerprint density at radius 3 is 1.21 bits per heavy atom. The van der Waals surface area contributed by atoms with E-state index in [0.29, 0.717) is 0 Å². The predicted molar refractivity (Wildman–Crippen MR) is 254 cm³/mol. The van der Waals surface area contributed by atoms with Gasteiger partial charge in [0.15, 0.2) is 11.9 Å². The van der Waals surface area contributed by atoms with Gasteiger partial charge < -0.3 is 92.7 Å². The van der Waals surface area contributed by atoms with E-state index >= 15 is 0 Å². The summed E-state index contributed by atoms with van der Waals surface area (Å²) in [5.41, 5.74) is 38.0. The Hall–Kier alpha value is -7.51. The highest BCUT2D eigenvalue weighted by Crippen LogP contribution is 2.10. The summed E-state index contributed by atoms with van der Waals surface area (Å²) in [6, 6.07) is -12.4. The molecule has 0 aromatic rings. The van der Waals surface area contributed by atoms with Crippen molar-refractivity contribution in [3.63, 3.8) is 0 Å². The van der Waals surface area contributed by atoms with E-state index in [1.165, 1.54) is 11.8 Å². The molecule has 24 N–H and O–H groups in total. The number of carboxylic acid groups (broad SMARTS) is 3. The molecule has 32 heteroatoms. The first-order chi connectivity index (χ1) is 33.2. The topological polar surface area (TPSA) is 557 Å². The molecule has 9 amide bonds. The van der Waals surface area contributed by atoms with Gasteiger partial charge in [-0.1, -0.05) is 0 Å². The smallest absolute Gasteiger partial charge is 0.326 e. The number of carbonyl (C=O) groups is 12. The number of nitrogens with zero attached hydrogens (tertiary/aromatic N) is 2. The molecule has 8 atom stereocenters. The average Bonchev–Trinajstić information content (AvgIpc) is 3.27. The Bertz CT molecular complexity index is 1950. The Balaban J connectivity index is 6.81. The van der Waals surface area contributed by atoms with Crippen molar-refractivity contribution in [2.75, 3.05) is 25.1 Å². The van der Waals surface area contributed by atoms with Crippen LogP contribution >= 0.6 is 11.8 Å². The number of primary amides is 2. The van der Waals surface area contributed by atoms with Gasteiger partial charge in [-0.25, -0.2) is 4.79 Å². The summed E-state index contributed by atoms with van der Waals surface area (Å²) in [4.78, 5) is 160. The maximum absolute atomic E-state index is 14.1. The molecule has 0 radical (unpaired) electrons. The fourth-order valence-electron chi connectivity index (χ4n) is 5.99. The molecule has 0 aromatic carbocycles. The number of nitrogens with one attached hydrogen (secondary N) is 7. The second-order valence-electron chi connectivity index (χ2n) is 15.8. The zero-order valence-electron chi connectivity index (χ0n) is 39.3. The third-order valence-electron chi connectivity index (χ3n) is 9.78. The number of carbonyl (C=O) groups excluding carboxylic acids is 9. The number of guanidine groups is 2. The monoisotopic (exact) mass is 1030 g/mol. The summed E-state index contributed by atoms with van der Waals surface area (Å²) in [6.07, 6.45) is -2.25. The molecule has 0 saturated carbocycles. The van der Waals surface area contributed by atoms with Crippen LogP contribution in [0.15, 0.2) is 9.98 Å². The van der Waals surface area contributed by atoms with Crippen molar-refractivity contribution in [2.24, 2.45) is 50.1 Å². The van der Waals surface area contributed by atoms with Crippen LogP contribution in [-0.2, 0) is 57.5 Å². The van der Waals surface area contributed by atoms with Crippen LogP contribution in [0.1, 0.15) is 84.0 Å². The third kappa shape index (κ3) is 28.6. The molecule has 0 heterocycles. The summed E-state index contributed by atoms with van der Waals surface area (Å²) in [6.45, 7) is 1.04. The molecule has 0 spiro atoms. The maximum Gasteiger partial charge on any atom is 0.326 e. The molecule has 400 valence electrons. The van der Waals surface area contributed by atoms with E-state index in [1.807, 2.05) is 5.32 Å². The number of aliphatic imine (C=N–C) groups is 2. The van der Waals surface area contributed by atoms with Crippen molar-refractivity contribution < 1.29 is 72.9 Å². The Labute approximate surface area is 411 Å². The predicted octanol–water partition coefficient (Wildman–Crippen LogP) is -7.46. The Morgan fingerprint density at radius 1 is 0.465 bits per heavy atom. The zero-order chi connectivity index (χ0) is 54.4. The summed E-state index contributed by atoms with van der Waals surface area (Å²) in [5, 5.41) is 44.1. The van der Waals surface area contributed by atoms with Crippen molar-refractivity contribution in [3.05, 3.63) is 0 Å². The van der Waals surface area contributed by atoms with Gasteiger partial charge in [0.1, 0.15) is 42.3 Å². The Morgan fingerprint density at radius 2 is 0.831 bits per heavy atom. The normalized spacial score (nSPS) is 14.1. The number of thioether (sulfide) groups is 1. The molecule has 71 heavy (non-hydrogen) atoms. The lowest BCUT2D eigenvalue weighted by molar-refractivity contribution is -0.147. The number of hydrogen-bond acceptors (Lipinski definition) is 16. The van der Waals surface area contributed by atoms with E-state index in [0.717, 1.165) is 6.92 Å². The van der Waals surface area contributed by atoms with Gasteiger partial charge in [-0.15, -0.1) is 0 Å². The third-order valence-corrected chi connectivity index (χ3v) is 10.4. The molecule has 0 aliphatic heterocycles. The van der Waals surface area contributed by atoms with Gasteiger partial charge in [-0.3, -0.25) is 62.7 Å². The van der Waals surface area contributed by atoms with Crippen LogP contribution in [0.5, 0.6) is 0 Å². The molecule has 0 aliphatic rings. The second kappa shape index (κ2) is 33.9. The van der Waals surface area contributed by atoms with Crippen molar-refractivity contribution >= 4 is 94.8 Å². The van der Waals surface area contributed by atoms with E-state index in [1.54, 1.807) is 6.26 Å². The standard InChI is InChI=1S/C39H68N16O15S/c1-18(30(62)55-25(37(69)70)17-29(60)61)49-32(64)20(5-3-14-47-38(43)44)51-33(65)21(6-4-15-48-39(45)46)52-34(66)22(8-11-27(42)57)53-36(68)24(13-16-71-2)54-35(67)23(9-12-28(58)59)50-31(63)19(40)7-10-26(41)56/h18-25H,3-17,40H2,1-2H3,(H2,41,56)(H2,42,57)(H,49,64)(H,50,63)(H,51,65)(H,52,66)(H,53,68)(H,54,67)(H,55,62)(H,58,59)(H,60,61)(H,69,70)(H4,43,44,47)(H4,45,46,48)/t18-,19-,20-,21-,22-,23-,24-,25-/m0/s1. The molecule has 0 bridgehead atoms. The highest BCUT2D eigenvalue weighted by molar-refractivity contribution is 7.98. The van der Waals surface area contributed by atoms with Crippen molar-refractivity contribution in [1.82, 2.24) is 37.2 Å². The first kappa shape index (κ1) is 63.5. The number of hydrogen-bond donors (Lipinski definition) is 17. The molecule has 0 aliphatic carbocycles. The summed E-state index contributed by atoms with van der Waals surface area (Å²) >= 11 is 1.26. The minimum absolute atomic E-state index is 0.0205. The number of aliphatic carboxylic acids is 3. The molecular formula is C39H68N16O15S. The summed E-state index contributed by atoms with van der Waals surface area (Å²) < 4.78 is 0. The average molecular weight is 1030 g/mol. The molecule has 0 saturated heterocycles. The van der Waals surface area contributed by atoms with Gasteiger partial charge in [0, 0.05) is 32.4 Å². The quantitative estimate of drug-likeness (QED) is 0.0156. The molecule has 0 fully saturated rings. The van der Waals surface area contributed by atoms with Gasteiger partial charge in [0.05, 0.1) is 12.5 Å². The lowest BCUT2D eigenvalue weighted by Gasteiger charge is -2.27. The van der Waals surface area contributed by atoms with Crippen molar-refractivity contribution in [2.45, 2.75) is 132 Å². The van der Waals surface area contributed by atoms with Gasteiger partial charge in [0.2, 0.25) is 53.2 Å². The summed E-state index contributed by atoms with van der Waals surface area (Å²) in [5.74, 6) is -13.7. The van der Waals surface area contributed by atoms with Gasteiger partial charge in [0.25, 0.3) is 0 Å². The maximum atomic E-state index is 14.1. The zero-order valence-corrected chi connectivity index (χ0v) is 40.1. The highest BCUT2D eigenvalue weighted by atomic mass is 32.2. The van der Waals surface area contributed by atoms with Crippen LogP contribution in [0.25, 0.3) is 0 Å².